The molecule has 1 aliphatic rings. The van der Waals surface area contributed by atoms with Crippen molar-refractivity contribution in [3.8, 4) is 0 Å². The van der Waals surface area contributed by atoms with Gasteiger partial charge in [-0.2, -0.15) is 10.1 Å². The maximum Gasteiger partial charge on any atom is 0.224 e. The van der Waals surface area contributed by atoms with Crippen molar-refractivity contribution in [3.05, 3.63) is 47.7 Å². The van der Waals surface area contributed by atoms with Gasteiger partial charge in [0, 0.05) is 12.7 Å². The molecule has 7 heteroatoms. The first kappa shape index (κ1) is 13.6. The predicted molar refractivity (Wildman–Crippen MR) is 80.8 cm³/mol. The summed E-state index contributed by atoms with van der Waals surface area (Å²) in [4.78, 5) is 8.25. The zero-order chi connectivity index (χ0) is 14.4. The van der Waals surface area contributed by atoms with Crippen molar-refractivity contribution >= 4 is 17.6 Å². The SMILES string of the molecule is N/N=C(\N)c1cnc(NCC2=CC=CCC=C2)nc1N. The normalized spacial score (nSPS) is 14.8. The zero-order valence-electron chi connectivity index (χ0n) is 11.0. The van der Waals surface area contributed by atoms with Crippen LogP contribution in [0, 0.1) is 0 Å². The first-order valence-corrected chi connectivity index (χ1v) is 6.13. The number of hydrogen-bond donors (Lipinski definition) is 4. The monoisotopic (exact) mass is 271 g/mol. The van der Waals surface area contributed by atoms with Crippen molar-refractivity contribution in [1.29, 1.82) is 0 Å². The van der Waals surface area contributed by atoms with Crippen LogP contribution >= 0.6 is 0 Å². The van der Waals surface area contributed by atoms with Crippen molar-refractivity contribution < 1.29 is 0 Å². The number of aromatic nitrogens is 2. The Morgan fingerprint density at radius 1 is 1.40 bits per heavy atom. The lowest BCUT2D eigenvalue weighted by Crippen LogP contribution is -2.19. The Hall–Kier alpha value is -2.83. The molecule has 0 atom stereocenters. The molecule has 0 fully saturated rings. The lowest BCUT2D eigenvalue weighted by molar-refractivity contribution is 1.10. The number of nitrogens with one attached hydrogen (secondary N) is 1. The molecule has 0 amide bonds. The Kier molecular flexibility index (Phi) is 4.33. The second-order valence-electron chi connectivity index (χ2n) is 4.17. The van der Waals surface area contributed by atoms with Crippen LogP contribution in [-0.2, 0) is 0 Å². The molecule has 0 spiro atoms. The van der Waals surface area contributed by atoms with Crippen LogP contribution < -0.4 is 22.6 Å². The molecular weight excluding hydrogens is 254 g/mol. The number of amidine groups is 1. The van der Waals surface area contributed by atoms with Gasteiger partial charge in [-0.15, -0.1) is 0 Å². The molecule has 7 nitrogen and oxygen atoms in total. The highest BCUT2D eigenvalue weighted by atomic mass is 15.2. The average molecular weight is 271 g/mol. The van der Waals surface area contributed by atoms with E-state index in [4.69, 9.17) is 17.3 Å². The van der Waals surface area contributed by atoms with Gasteiger partial charge in [0.05, 0.1) is 5.56 Å². The van der Waals surface area contributed by atoms with E-state index in [1.807, 2.05) is 12.2 Å². The van der Waals surface area contributed by atoms with Crippen LogP contribution in [0.5, 0.6) is 0 Å². The molecule has 1 aromatic heterocycles. The second-order valence-corrected chi connectivity index (χ2v) is 4.17. The van der Waals surface area contributed by atoms with E-state index in [1.165, 1.54) is 6.20 Å². The fourth-order valence-corrected chi connectivity index (χ4v) is 1.67. The third kappa shape index (κ3) is 3.35. The van der Waals surface area contributed by atoms with Crippen LogP contribution in [-0.4, -0.2) is 22.3 Å². The number of rotatable bonds is 4. The first-order chi connectivity index (χ1) is 9.70. The summed E-state index contributed by atoms with van der Waals surface area (Å²) in [6.07, 6.45) is 12.7. The Morgan fingerprint density at radius 3 is 3.00 bits per heavy atom. The molecule has 0 aliphatic heterocycles. The number of anilines is 2. The minimum atomic E-state index is 0.105. The van der Waals surface area contributed by atoms with Crippen LogP contribution in [0.15, 0.2) is 47.3 Å². The van der Waals surface area contributed by atoms with E-state index in [0.29, 0.717) is 18.1 Å². The van der Waals surface area contributed by atoms with Crippen LogP contribution in [0.2, 0.25) is 0 Å². The third-order valence-corrected chi connectivity index (χ3v) is 2.73. The maximum atomic E-state index is 5.78. The Labute approximate surface area is 117 Å². The smallest absolute Gasteiger partial charge is 0.224 e. The van der Waals surface area contributed by atoms with Gasteiger partial charge in [0.25, 0.3) is 0 Å². The van der Waals surface area contributed by atoms with Gasteiger partial charge < -0.3 is 22.6 Å². The highest BCUT2D eigenvalue weighted by molar-refractivity contribution is 6.00. The lowest BCUT2D eigenvalue weighted by Gasteiger charge is -2.08. The van der Waals surface area contributed by atoms with E-state index in [-0.39, 0.29) is 11.7 Å². The van der Waals surface area contributed by atoms with Crippen LogP contribution in [0.4, 0.5) is 11.8 Å². The minimum Gasteiger partial charge on any atom is -0.383 e. The van der Waals surface area contributed by atoms with Crippen molar-refractivity contribution in [1.82, 2.24) is 9.97 Å². The van der Waals surface area contributed by atoms with Gasteiger partial charge >= 0.3 is 0 Å². The molecule has 104 valence electrons. The van der Waals surface area contributed by atoms with Crippen molar-refractivity contribution in [2.24, 2.45) is 16.7 Å². The number of hydrogen-bond acceptors (Lipinski definition) is 6. The van der Waals surface area contributed by atoms with E-state index in [2.05, 4.69) is 38.6 Å². The van der Waals surface area contributed by atoms with Gasteiger partial charge in [-0.25, -0.2) is 4.98 Å². The Morgan fingerprint density at radius 2 is 2.25 bits per heavy atom. The third-order valence-electron chi connectivity index (χ3n) is 2.73. The Balaban J connectivity index is 2.06. The molecule has 20 heavy (non-hydrogen) atoms. The number of nitrogens with two attached hydrogens (primary N) is 3. The highest BCUT2D eigenvalue weighted by Crippen LogP contribution is 2.11. The number of nitrogen functional groups attached to an aromatic ring is 1. The van der Waals surface area contributed by atoms with Gasteiger partial charge in [-0.1, -0.05) is 30.4 Å². The van der Waals surface area contributed by atoms with Crippen molar-refractivity contribution in [2.45, 2.75) is 6.42 Å². The largest absolute Gasteiger partial charge is 0.383 e. The van der Waals surface area contributed by atoms with Gasteiger partial charge in [-0.3, -0.25) is 0 Å². The van der Waals surface area contributed by atoms with Crippen LogP contribution in [0.1, 0.15) is 12.0 Å². The summed E-state index contributed by atoms with van der Waals surface area (Å²) >= 11 is 0. The molecule has 0 unspecified atom stereocenters. The molecule has 0 bridgehead atoms. The number of allylic oxidation sites excluding steroid dienone is 4. The standard InChI is InChI=1S/C13H17N7/c14-11-10(12(15)20-16)8-18-13(19-11)17-7-9-5-3-1-2-4-6-9/h1,3-6,8H,2,7,16H2,(H2,15,20)(H3,14,17,18,19). The molecule has 1 heterocycles. The average Bonchev–Trinajstić information content (AvgIpc) is 2.73. The molecule has 7 N–H and O–H groups in total. The van der Waals surface area contributed by atoms with E-state index in [1.54, 1.807) is 0 Å². The molecule has 0 aromatic carbocycles. The summed E-state index contributed by atoms with van der Waals surface area (Å²) in [7, 11) is 0. The molecule has 1 aliphatic carbocycles. The second kappa shape index (κ2) is 6.37. The summed E-state index contributed by atoms with van der Waals surface area (Å²) in [5, 5.41) is 6.47. The summed E-state index contributed by atoms with van der Waals surface area (Å²) in [6.45, 7) is 0.611. The highest BCUT2D eigenvalue weighted by Gasteiger charge is 2.07. The van der Waals surface area contributed by atoms with E-state index in [9.17, 15) is 0 Å². The van der Waals surface area contributed by atoms with Crippen molar-refractivity contribution in [2.75, 3.05) is 17.6 Å². The molecule has 0 saturated heterocycles. The van der Waals surface area contributed by atoms with Gasteiger partial charge in [0.1, 0.15) is 5.82 Å². The number of hydrazone groups is 1. The van der Waals surface area contributed by atoms with E-state index < -0.39 is 0 Å². The predicted octanol–water partition coefficient (Wildman–Crippen LogP) is 0.492. The summed E-state index contributed by atoms with van der Waals surface area (Å²) in [5.74, 6) is 5.87. The van der Waals surface area contributed by atoms with Gasteiger partial charge in [-0.05, 0) is 12.0 Å². The van der Waals surface area contributed by atoms with Crippen molar-refractivity contribution in [3.63, 3.8) is 0 Å². The van der Waals surface area contributed by atoms with E-state index in [0.717, 1.165) is 12.0 Å². The summed E-state index contributed by atoms with van der Waals surface area (Å²) in [5.41, 5.74) is 12.9. The van der Waals surface area contributed by atoms with Crippen LogP contribution in [0.25, 0.3) is 0 Å². The summed E-state index contributed by atoms with van der Waals surface area (Å²) < 4.78 is 0. The molecule has 2 rings (SSSR count). The van der Waals surface area contributed by atoms with Crippen LogP contribution in [0.3, 0.4) is 0 Å². The Bertz CT molecular complexity index is 599. The van der Waals surface area contributed by atoms with Gasteiger partial charge in [0.2, 0.25) is 5.95 Å². The fraction of sp³-hybridized carbons (Fsp3) is 0.154. The quantitative estimate of drug-likeness (QED) is 0.273. The minimum absolute atomic E-state index is 0.105. The fourth-order valence-electron chi connectivity index (χ4n) is 1.67. The first-order valence-electron chi connectivity index (χ1n) is 6.13. The topological polar surface area (TPSA) is 128 Å². The van der Waals surface area contributed by atoms with Gasteiger partial charge in [0.15, 0.2) is 5.84 Å². The number of nitrogens with zero attached hydrogens (tertiary/aromatic N) is 3. The zero-order valence-corrected chi connectivity index (χ0v) is 11.0. The summed E-state index contributed by atoms with van der Waals surface area (Å²) in [6, 6.07) is 0. The van der Waals surface area contributed by atoms with E-state index >= 15 is 0 Å². The lowest BCUT2D eigenvalue weighted by atomic mass is 10.2. The molecular formula is C13H17N7. The molecule has 1 aromatic rings. The molecule has 0 radical (unpaired) electrons. The maximum absolute atomic E-state index is 5.78. The molecule has 0 saturated carbocycles.